The van der Waals surface area contributed by atoms with E-state index >= 15 is 0 Å². The molecule has 5 heteroatoms. The molecule has 2 amide bonds. The van der Waals surface area contributed by atoms with Crippen molar-refractivity contribution in [3.63, 3.8) is 0 Å². The SMILES string of the molecule is Cc1cccc(C(=O)NC(C(=O)N(C)Cc2ccccc2F)C(C)C)c1. The molecule has 26 heavy (non-hydrogen) atoms. The Balaban J connectivity index is 2.11. The van der Waals surface area contributed by atoms with Crippen molar-refractivity contribution in [1.82, 2.24) is 10.2 Å². The van der Waals surface area contributed by atoms with E-state index in [4.69, 9.17) is 0 Å². The van der Waals surface area contributed by atoms with Crippen molar-refractivity contribution in [2.45, 2.75) is 33.4 Å². The van der Waals surface area contributed by atoms with Gasteiger partial charge in [-0.15, -0.1) is 0 Å². The van der Waals surface area contributed by atoms with Crippen LogP contribution in [0.2, 0.25) is 0 Å². The van der Waals surface area contributed by atoms with E-state index in [1.54, 1.807) is 43.4 Å². The van der Waals surface area contributed by atoms with E-state index in [1.165, 1.54) is 11.0 Å². The topological polar surface area (TPSA) is 49.4 Å². The van der Waals surface area contributed by atoms with Gasteiger partial charge in [-0.3, -0.25) is 9.59 Å². The van der Waals surface area contributed by atoms with E-state index in [-0.39, 0.29) is 30.1 Å². The summed E-state index contributed by atoms with van der Waals surface area (Å²) in [7, 11) is 1.61. The van der Waals surface area contributed by atoms with E-state index in [2.05, 4.69) is 5.32 Å². The van der Waals surface area contributed by atoms with Gasteiger partial charge in [0.1, 0.15) is 11.9 Å². The quantitative estimate of drug-likeness (QED) is 0.861. The summed E-state index contributed by atoms with van der Waals surface area (Å²) in [6.07, 6.45) is 0. The lowest BCUT2D eigenvalue weighted by molar-refractivity contribution is -0.133. The van der Waals surface area contributed by atoms with Gasteiger partial charge in [0, 0.05) is 24.7 Å². The molecule has 1 unspecified atom stereocenters. The molecule has 0 aliphatic heterocycles. The normalized spacial score (nSPS) is 11.9. The molecular formula is C21H25FN2O2. The second-order valence-electron chi connectivity index (χ2n) is 6.85. The molecule has 0 saturated heterocycles. The number of benzene rings is 2. The number of likely N-dealkylation sites (N-methyl/N-ethyl adjacent to an activating group) is 1. The number of nitrogens with one attached hydrogen (secondary N) is 1. The molecule has 0 aliphatic carbocycles. The third kappa shape index (κ3) is 4.91. The van der Waals surface area contributed by atoms with Gasteiger partial charge in [0.05, 0.1) is 0 Å². The summed E-state index contributed by atoms with van der Waals surface area (Å²) in [5.41, 5.74) is 1.93. The van der Waals surface area contributed by atoms with Gasteiger partial charge in [-0.1, -0.05) is 49.7 Å². The standard InChI is InChI=1S/C21H25FN2O2/c1-14(2)19(23-20(25)16-10-7-8-15(3)12-16)21(26)24(4)13-17-9-5-6-11-18(17)22/h5-12,14,19H,13H2,1-4H3,(H,23,25). The van der Waals surface area contributed by atoms with Crippen LogP contribution in [0.1, 0.15) is 35.3 Å². The maximum absolute atomic E-state index is 13.8. The van der Waals surface area contributed by atoms with Crippen LogP contribution in [0.15, 0.2) is 48.5 Å². The van der Waals surface area contributed by atoms with E-state index in [1.807, 2.05) is 26.8 Å². The minimum atomic E-state index is -0.681. The van der Waals surface area contributed by atoms with Crippen molar-refractivity contribution in [1.29, 1.82) is 0 Å². The lowest BCUT2D eigenvalue weighted by Gasteiger charge is -2.27. The van der Waals surface area contributed by atoms with Crippen molar-refractivity contribution in [2.75, 3.05) is 7.05 Å². The van der Waals surface area contributed by atoms with Gasteiger partial charge >= 0.3 is 0 Å². The van der Waals surface area contributed by atoms with E-state index < -0.39 is 6.04 Å². The highest BCUT2D eigenvalue weighted by molar-refractivity contribution is 5.97. The fourth-order valence-corrected chi connectivity index (χ4v) is 2.72. The first kappa shape index (κ1) is 19.6. The van der Waals surface area contributed by atoms with Crippen LogP contribution >= 0.6 is 0 Å². The lowest BCUT2D eigenvalue weighted by Crippen LogP contribution is -2.50. The number of nitrogens with zero attached hydrogens (tertiary/aromatic N) is 1. The molecule has 0 bridgehead atoms. The number of aryl methyl sites for hydroxylation is 1. The summed E-state index contributed by atoms with van der Waals surface area (Å²) in [5.74, 6) is -0.985. The summed E-state index contributed by atoms with van der Waals surface area (Å²) in [4.78, 5) is 26.8. The Bertz CT molecular complexity index is 789. The zero-order chi connectivity index (χ0) is 19.3. The molecule has 138 valence electrons. The second-order valence-corrected chi connectivity index (χ2v) is 6.85. The first-order valence-electron chi connectivity index (χ1n) is 8.65. The Labute approximate surface area is 154 Å². The molecule has 0 heterocycles. The van der Waals surface area contributed by atoms with Gasteiger partial charge in [0.15, 0.2) is 0 Å². The molecule has 2 aromatic carbocycles. The molecule has 0 saturated carbocycles. The van der Waals surface area contributed by atoms with Crippen LogP contribution in [0, 0.1) is 18.7 Å². The third-order valence-corrected chi connectivity index (χ3v) is 4.24. The molecular weight excluding hydrogens is 331 g/mol. The highest BCUT2D eigenvalue weighted by atomic mass is 19.1. The average molecular weight is 356 g/mol. The molecule has 0 radical (unpaired) electrons. The monoisotopic (exact) mass is 356 g/mol. The van der Waals surface area contributed by atoms with Crippen molar-refractivity contribution < 1.29 is 14.0 Å². The summed E-state index contributed by atoms with van der Waals surface area (Å²) >= 11 is 0. The maximum atomic E-state index is 13.8. The van der Waals surface area contributed by atoms with Crippen LogP contribution in [0.25, 0.3) is 0 Å². The van der Waals surface area contributed by atoms with Crippen LogP contribution in [0.3, 0.4) is 0 Å². The van der Waals surface area contributed by atoms with Gasteiger partial charge in [-0.05, 0) is 31.0 Å². The van der Waals surface area contributed by atoms with Gasteiger partial charge < -0.3 is 10.2 Å². The molecule has 1 atom stereocenters. The summed E-state index contributed by atoms with van der Waals surface area (Å²) < 4.78 is 13.8. The lowest BCUT2D eigenvalue weighted by atomic mass is 10.0. The van der Waals surface area contributed by atoms with E-state index in [0.29, 0.717) is 11.1 Å². The molecule has 4 nitrogen and oxygen atoms in total. The highest BCUT2D eigenvalue weighted by Crippen LogP contribution is 2.13. The minimum Gasteiger partial charge on any atom is -0.340 e. The first-order chi connectivity index (χ1) is 12.3. The number of amides is 2. The summed E-state index contributed by atoms with van der Waals surface area (Å²) in [5, 5.41) is 2.82. The van der Waals surface area contributed by atoms with Crippen molar-refractivity contribution in [3.05, 3.63) is 71.0 Å². The molecule has 0 spiro atoms. The predicted molar refractivity (Wildman–Crippen MR) is 100 cm³/mol. The first-order valence-corrected chi connectivity index (χ1v) is 8.65. The van der Waals surface area contributed by atoms with Crippen LogP contribution in [0.4, 0.5) is 4.39 Å². The maximum Gasteiger partial charge on any atom is 0.251 e. The van der Waals surface area contributed by atoms with Crippen molar-refractivity contribution >= 4 is 11.8 Å². The fourth-order valence-electron chi connectivity index (χ4n) is 2.72. The average Bonchev–Trinajstić information content (AvgIpc) is 2.60. The van der Waals surface area contributed by atoms with Crippen LogP contribution in [-0.2, 0) is 11.3 Å². The third-order valence-electron chi connectivity index (χ3n) is 4.24. The Morgan fingerprint density at radius 1 is 1.12 bits per heavy atom. The van der Waals surface area contributed by atoms with Gasteiger partial charge in [-0.2, -0.15) is 0 Å². The van der Waals surface area contributed by atoms with E-state index in [9.17, 15) is 14.0 Å². The molecule has 2 rings (SSSR count). The van der Waals surface area contributed by atoms with Crippen molar-refractivity contribution in [2.24, 2.45) is 5.92 Å². The molecule has 2 aromatic rings. The number of rotatable bonds is 6. The fraction of sp³-hybridized carbons (Fsp3) is 0.333. The smallest absolute Gasteiger partial charge is 0.251 e. The second kappa shape index (κ2) is 8.61. The zero-order valence-electron chi connectivity index (χ0n) is 15.6. The number of halogens is 1. The zero-order valence-corrected chi connectivity index (χ0v) is 15.6. The number of hydrogen-bond acceptors (Lipinski definition) is 2. The Hall–Kier alpha value is -2.69. The van der Waals surface area contributed by atoms with Gasteiger partial charge in [0.25, 0.3) is 5.91 Å². The Morgan fingerprint density at radius 2 is 1.81 bits per heavy atom. The minimum absolute atomic E-state index is 0.0978. The van der Waals surface area contributed by atoms with Gasteiger partial charge in [-0.25, -0.2) is 4.39 Å². The molecule has 0 aromatic heterocycles. The number of carbonyl (C=O) groups is 2. The summed E-state index contributed by atoms with van der Waals surface area (Å²) in [6, 6.07) is 12.9. The predicted octanol–water partition coefficient (Wildman–Crippen LogP) is 3.55. The molecule has 1 N–H and O–H groups in total. The van der Waals surface area contributed by atoms with Crippen molar-refractivity contribution in [3.8, 4) is 0 Å². The Morgan fingerprint density at radius 3 is 2.42 bits per heavy atom. The molecule has 0 aliphatic rings. The summed E-state index contributed by atoms with van der Waals surface area (Å²) in [6.45, 7) is 5.80. The highest BCUT2D eigenvalue weighted by Gasteiger charge is 2.27. The molecule has 0 fully saturated rings. The number of carbonyl (C=O) groups excluding carboxylic acids is 2. The van der Waals surface area contributed by atoms with Crippen LogP contribution in [-0.4, -0.2) is 29.8 Å². The van der Waals surface area contributed by atoms with Crippen LogP contribution in [0.5, 0.6) is 0 Å². The largest absolute Gasteiger partial charge is 0.340 e. The van der Waals surface area contributed by atoms with Crippen LogP contribution < -0.4 is 5.32 Å². The van der Waals surface area contributed by atoms with Gasteiger partial charge in [0.2, 0.25) is 5.91 Å². The Kier molecular flexibility index (Phi) is 6.50. The number of hydrogen-bond donors (Lipinski definition) is 1. The van der Waals surface area contributed by atoms with E-state index in [0.717, 1.165) is 5.56 Å².